The summed E-state index contributed by atoms with van der Waals surface area (Å²) in [5.74, 6) is -0.0272. The van der Waals surface area contributed by atoms with Crippen LogP contribution in [0.2, 0.25) is 0 Å². The fourth-order valence-electron chi connectivity index (χ4n) is 2.15. The van der Waals surface area contributed by atoms with Crippen LogP contribution in [0.5, 0.6) is 0 Å². The zero-order valence-corrected chi connectivity index (χ0v) is 10.4. The maximum atomic E-state index is 11.0. The number of esters is 1. The normalized spacial score (nSPS) is 27.6. The molecule has 1 unspecified atom stereocenters. The standard InChI is InChI=1S/C11H15IO2/c12-11(8-4-2-1-3-5-8)9-6-7-10(13)14-9/h9H,1-7H2. The van der Waals surface area contributed by atoms with Crippen molar-refractivity contribution in [3.8, 4) is 0 Å². The van der Waals surface area contributed by atoms with Crippen LogP contribution in [0.3, 0.4) is 0 Å². The van der Waals surface area contributed by atoms with Crippen molar-refractivity contribution in [1.82, 2.24) is 0 Å². The summed E-state index contributed by atoms with van der Waals surface area (Å²) in [5.41, 5.74) is 1.54. The Balaban J connectivity index is 2.04. The Hall–Kier alpha value is -0.0600. The van der Waals surface area contributed by atoms with Crippen molar-refractivity contribution in [3.63, 3.8) is 0 Å². The summed E-state index contributed by atoms with van der Waals surface area (Å²) in [6.07, 6.45) is 7.99. The highest BCUT2D eigenvalue weighted by atomic mass is 127. The molecule has 1 atom stereocenters. The number of carbonyl (C=O) groups is 1. The Morgan fingerprint density at radius 1 is 1.21 bits per heavy atom. The zero-order chi connectivity index (χ0) is 9.97. The van der Waals surface area contributed by atoms with Crippen LogP contribution < -0.4 is 0 Å². The maximum Gasteiger partial charge on any atom is 0.306 e. The first kappa shape index (κ1) is 10.5. The first-order valence-electron chi connectivity index (χ1n) is 5.34. The molecule has 0 N–H and O–H groups in total. The lowest BCUT2D eigenvalue weighted by Gasteiger charge is -2.18. The van der Waals surface area contributed by atoms with Gasteiger partial charge in [-0.2, -0.15) is 0 Å². The first-order valence-corrected chi connectivity index (χ1v) is 6.42. The Morgan fingerprint density at radius 2 is 1.93 bits per heavy atom. The van der Waals surface area contributed by atoms with E-state index in [1.807, 2.05) is 0 Å². The summed E-state index contributed by atoms with van der Waals surface area (Å²) in [6.45, 7) is 0. The number of rotatable bonds is 1. The minimum atomic E-state index is -0.0272. The monoisotopic (exact) mass is 306 g/mol. The van der Waals surface area contributed by atoms with Gasteiger partial charge in [0.1, 0.15) is 6.10 Å². The van der Waals surface area contributed by atoms with Gasteiger partial charge in [0, 0.05) is 10.0 Å². The van der Waals surface area contributed by atoms with Crippen molar-refractivity contribution < 1.29 is 9.53 Å². The van der Waals surface area contributed by atoms with E-state index in [-0.39, 0.29) is 12.1 Å². The predicted octanol–water partition coefficient (Wildman–Crippen LogP) is 3.35. The smallest absolute Gasteiger partial charge is 0.306 e. The molecule has 78 valence electrons. The molecule has 1 aliphatic heterocycles. The molecule has 0 radical (unpaired) electrons. The summed E-state index contributed by atoms with van der Waals surface area (Å²) in [6, 6.07) is 0. The Morgan fingerprint density at radius 3 is 2.50 bits per heavy atom. The number of carbonyl (C=O) groups excluding carboxylic acids is 1. The fourth-order valence-corrected chi connectivity index (χ4v) is 3.13. The minimum Gasteiger partial charge on any atom is -0.457 e. The highest BCUT2D eigenvalue weighted by molar-refractivity contribution is 14.1. The van der Waals surface area contributed by atoms with Gasteiger partial charge in [0.25, 0.3) is 0 Å². The molecule has 1 saturated heterocycles. The lowest BCUT2D eigenvalue weighted by molar-refractivity contribution is -0.140. The first-order chi connectivity index (χ1) is 6.77. The van der Waals surface area contributed by atoms with Gasteiger partial charge in [-0.15, -0.1) is 0 Å². The molecular weight excluding hydrogens is 291 g/mol. The topological polar surface area (TPSA) is 26.3 Å². The minimum absolute atomic E-state index is 0.0272. The second kappa shape index (κ2) is 4.64. The van der Waals surface area contributed by atoms with Gasteiger partial charge >= 0.3 is 5.97 Å². The van der Waals surface area contributed by atoms with Crippen molar-refractivity contribution in [2.45, 2.75) is 51.0 Å². The molecule has 0 aromatic carbocycles. The summed E-state index contributed by atoms with van der Waals surface area (Å²) in [7, 11) is 0. The molecule has 2 nitrogen and oxygen atoms in total. The molecule has 3 heteroatoms. The van der Waals surface area contributed by atoms with Gasteiger partial charge < -0.3 is 4.74 Å². The largest absolute Gasteiger partial charge is 0.457 e. The molecule has 0 bridgehead atoms. The van der Waals surface area contributed by atoms with Gasteiger partial charge in [-0.25, -0.2) is 0 Å². The van der Waals surface area contributed by atoms with E-state index in [9.17, 15) is 4.79 Å². The highest BCUT2D eigenvalue weighted by Gasteiger charge is 2.27. The number of ether oxygens (including phenoxy) is 1. The van der Waals surface area contributed by atoms with Gasteiger partial charge in [0.15, 0.2) is 0 Å². The molecule has 0 amide bonds. The van der Waals surface area contributed by atoms with Crippen LogP contribution in [0.15, 0.2) is 9.15 Å². The van der Waals surface area contributed by atoms with E-state index in [0.717, 1.165) is 6.42 Å². The van der Waals surface area contributed by atoms with Crippen molar-refractivity contribution in [3.05, 3.63) is 9.15 Å². The van der Waals surface area contributed by atoms with E-state index < -0.39 is 0 Å². The van der Waals surface area contributed by atoms with E-state index in [2.05, 4.69) is 22.6 Å². The molecule has 1 saturated carbocycles. The van der Waals surface area contributed by atoms with Crippen molar-refractivity contribution >= 4 is 28.6 Å². The number of hydrogen-bond acceptors (Lipinski definition) is 2. The molecule has 0 aromatic heterocycles. The van der Waals surface area contributed by atoms with Crippen LogP contribution in [-0.4, -0.2) is 12.1 Å². The molecule has 2 aliphatic rings. The predicted molar refractivity (Wildman–Crippen MR) is 63.2 cm³/mol. The SMILES string of the molecule is O=C1CCC(C(I)=C2CCCCC2)O1. The molecule has 2 rings (SSSR count). The third kappa shape index (κ3) is 2.30. The van der Waals surface area contributed by atoms with Crippen molar-refractivity contribution in [2.75, 3.05) is 0 Å². The third-order valence-corrected chi connectivity index (χ3v) is 4.42. The summed E-state index contributed by atoms with van der Waals surface area (Å²) >= 11 is 2.38. The lowest BCUT2D eigenvalue weighted by atomic mass is 9.93. The highest BCUT2D eigenvalue weighted by Crippen LogP contribution is 2.34. The van der Waals surface area contributed by atoms with E-state index in [1.165, 1.54) is 41.3 Å². The third-order valence-electron chi connectivity index (χ3n) is 2.96. The van der Waals surface area contributed by atoms with Crippen LogP contribution in [-0.2, 0) is 9.53 Å². The van der Waals surface area contributed by atoms with Gasteiger partial charge in [-0.1, -0.05) is 12.0 Å². The van der Waals surface area contributed by atoms with Gasteiger partial charge in [-0.3, -0.25) is 4.79 Å². The van der Waals surface area contributed by atoms with Gasteiger partial charge in [0.2, 0.25) is 0 Å². The second-order valence-electron chi connectivity index (χ2n) is 4.03. The van der Waals surface area contributed by atoms with Crippen molar-refractivity contribution in [2.24, 2.45) is 0 Å². The lowest BCUT2D eigenvalue weighted by Crippen LogP contribution is -2.10. The van der Waals surface area contributed by atoms with E-state index in [0.29, 0.717) is 6.42 Å². The number of allylic oxidation sites excluding steroid dienone is 1. The molecule has 1 aliphatic carbocycles. The molecular formula is C11H15IO2. The van der Waals surface area contributed by atoms with E-state index in [1.54, 1.807) is 0 Å². The van der Waals surface area contributed by atoms with Gasteiger partial charge in [-0.05, 0) is 54.7 Å². The van der Waals surface area contributed by atoms with Gasteiger partial charge in [0.05, 0.1) is 0 Å². The number of hydrogen-bond donors (Lipinski definition) is 0. The second-order valence-corrected chi connectivity index (χ2v) is 5.19. The van der Waals surface area contributed by atoms with Crippen LogP contribution >= 0.6 is 22.6 Å². The maximum absolute atomic E-state index is 11.0. The average Bonchev–Trinajstić information content (AvgIpc) is 2.65. The summed E-state index contributed by atoms with van der Waals surface area (Å²) < 4.78 is 6.59. The summed E-state index contributed by atoms with van der Waals surface area (Å²) in [4.78, 5) is 11.0. The van der Waals surface area contributed by atoms with E-state index >= 15 is 0 Å². The Kier molecular flexibility index (Phi) is 3.47. The van der Waals surface area contributed by atoms with Crippen LogP contribution in [0, 0.1) is 0 Å². The molecule has 1 heterocycles. The average molecular weight is 306 g/mol. The molecule has 14 heavy (non-hydrogen) atoms. The fraction of sp³-hybridized carbons (Fsp3) is 0.727. The van der Waals surface area contributed by atoms with Crippen molar-refractivity contribution in [1.29, 1.82) is 0 Å². The zero-order valence-electron chi connectivity index (χ0n) is 8.22. The molecule has 0 spiro atoms. The van der Waals surface area contributed by atoms with E-state index in [4.69, 9.17) is 4.74 Å². The van der Waals surface area contributed by atoms with Crippen LogP contribution in [0.25, 0.3) is 0 Å². The Labute approximate surface area is 98.2 Å². The Bertz CT molecular complexity index is 262. The summed E-state index contributed by atoms with van der Waals surface area (Å²) in [5, 5.41) is 0. The van der Waals surface area contributed by atoms with Crippen LogP contribution in [0.1, 0.15) is 44.9 Å². The van der Waals surface area contributed by atoms with Crippen LogP contribution in [0.4, 0.5) is 0 Å². The quantitative estimate of drug-likeness (QED) is 0.548. The molecule has 2 fully saturated rings. The molecule has 0 aromatic rings. The number of halogens is 1. The number of cyclic esters (lactones) is 1.